The lowest BCUT2D eigenvalue weighted by molar-refractivity contribution is 0.768. The summed E-state index contributed by atoms with van der Waals surface area (Å²) < 4.78 is 3.71. The van der Waals surface area contributed by atoms with Crippen molar-refractivity contribution in [2.24, 2.45) is 7.05 Å². The van der Waals surface area contributed by atoms with Gasteiger partial charge in [0.1, 0.15) is 0 Å². The zero-order chi connectivity index (χ0) is 13.5. The van der Waals surface area contributed by atoms with Gasteiger partial charge in [-0.3, -0.25) is 4.68 Å². The number of nitrogens with zero attached hydrogens (tertiary/aromatic N) is 4. The number of pyridine rings is 1. The first-order valence-corrected chi connectivity index (χ1v) is 6.41. The molecule has 0 aliphatic rings. The molecule has 0 saturated heterocycles. The van der Waals surface area contributed by atoms with Crippen LogP contribution in [0.1, 0.15) is 0 Å². The van der Waals surface area contributed by atoms with E-state index < -0.39 is 0 Å². The topological polar surface area (TPSA) is 50.9 Å². The highest BCUT2D eigenvalue weighted by Gasteiger charge is 2.08. The molecule has 20 heavy (non-hydrogen) atoms. The second-order valence-corrected chi connectivity index (χ2v) is 4.81. The van der Waals surface area contributed by atoms with Crippen LogP contribution >= 0.6 is 0 Å². The first-order chi connectivity index (χ1) is 9.81. The van der Waals surface area contributed by atoms with Crippen LogP contribution in [0, 0.1) is 0 Å². The first kappa shape index (κ1) is 11.0. The van der Waals surface area contributed by atoms with Gasteiger partial charge in [-0.2, -0.15) is 10.2 Å². The predicted octanol–water partition coefficient (Wildman–Crippen LogP) is 2.73. The van der Waals surface area contributed by atoms with Crippen molar-refractivity contribution in [2.75, 3.05) is 0 Å². The second-order valence-electron chi connectivity index (χ2n) is 4.81. The molecule has 0 unspecified atom stereocenters. The van der Waals surface area contributed by atoms with Gasteiger partial charge in [0.15, 0.2) is 0 Å². The van der Waals surface area contributed by atoms with Crippen molar-refractivity contribution < 1.29 is 0 Å². The SMILES string of the molecule is Cn1cc(-c2ccc3c(-c4cc[nH]c4)cnn3c2)cn1. The summed E-state index contributed by atoms with van der Waals surface area (Å²) in [7, 11) is 1.92. The molecular formula is C15H13N5. The molecule has 0 aliphatic heterocycles. The molecular weight excluding hydrogens is 250 g/mol. The zero-order valence-corrected chi connectivity index (χ0v) is 11.0. The minimum atomic E-state index is 1.09. The normalized spacial score (nSPS) is 11.2. The summed E-state index contributed by atoms with van der Waals surface area (Å²) in [6.45, 7) is 0. The summed E-state index contributed by atoms with van der Waals surface area (Å²) in [5.41, 5.74) is 5.57. The summed E-state index contributed by atoms with van der Waals surface area (Å²) in [5.74, 6) is 0. The lowest BCUT2D eigenvalue weighted by atomic mass is 10.1. The van der Waals surface area contributed by atoms with E-state index in [1.165, 1.54) is 0 Å². The molecule has 0 fully saturated rings. The van der Waals surface area contributed by atoms with Crippen LogP contribution in [0.2, 0.25) is 0 Å². The highest BCUT2D eigenvalue weighted by atomic mass is 15.2. The van der Waals surface area contributed by atoms with Gasteiger partial charge in [0.2, 0.25) is 0 Å². The molecule has 4 aromatic rings. The summed E-state index contributed by atoms with van der Waals surface area (Å²) in [4.78, 5) is 3.07. The number of rotatable bonds is 2. The molecule has 5 nitrogen and oxygen atoms in total. The maximum Gasteiger partial charge on any atom is 0.0741 e. The molecule has 0 aromatic carbocycles. The molecule has 0 radical (unpaired) electrons. The summed E-state index contributed by atoms with van der Waals surface area (Å²) >= 11 is 0. The average Bonchev–Trinajstić information content (AvgIpc) is 3.17. The van der Waals surface area contributed by atoms with E-state index >= 15 is 0 Å². The van der Waals surface area contributed by atoms with Crippen LogP contribution in [0.5, 0.6) is 0 Å². The van der Waals surface area contributed by atoms with E-state index in [0.717, 1.165) is 27.8 Å². The molecule has 0 amide bonds. The van der Waals surface area contributed by atoms with Gasteiger partial charge in [0, 0.05) is 54.1 Å². The first-order valence-electron chi connectivity index (χ1n) is 6.41. The van der Waals surface area contributed by atoms with Gasteiger partial charge in [-0.1, -0.05) is 6.07 Å². The third-order valence-corrected chi connectivity index (χ3v) is 3.46. The zero-order valence-electron chi connectivity index (χ0n) is 11.0. The molecule has 1 N–H and O–H groups in total. The quantitative estimate of drug-likeness (QED) is 0.604. The fraction of sp³-hybridized carbons (Fsp3) is 0.0667. The number of hydrogen-bond donors (Lipinski definition) is 1. The molecule has 4 rings (SSSR count). The van der Waals surface area contributed by atoms with Crippen molar-refractivity contribution in [1.29, 1.82) is 0 Å². The van der Waals surface area contributed by atoms with Gasteiger partial charge in [-0.15, -0.1) is 0 Å². The maximum absolute atomic E-state index is 4.44. The fourth-order valence-corrected chi connectivity index (χ4v) is 2.44. The molecule has 4 aromatic heterocycles. The van der Waals surface area contributed by atoms with Crippen molar-refractivity contribution in [1.82, 2.24) is 24.4 Å². The van der Waals surface area contributed by atoms with E-state index in [1.807, 2.05) is 54.8 Å². The van der Waals surface area contributed by atoms with Crippen LogP contribution < -0.4 is 0 Å². The Bertz CT molecular complexity index is 867. The van der Waals surface area contributed by atoms with Gasteiger partial charge in [-0.05, 0) is 12.1 Å². The minimum Gasteiger partial charge on any atom is -0.367 e. The van der Waals surface area contributed by atoms with E-state index in [2.05, 4.69) is 27.3 Å². The molecule has 0 saturated carbocycles. The van der Waals surface area contributed by atoms with Crippen molar-refractivity contribution in [3.8, 4) is 22.3 Å². The van der Waals surface area contributed by atoms with Gasteiger partial charge in [0.25, 0.3) is 0 Å². The van der Waals surface area contributed by atoms with Crippen LogP contribution in [-0.4, -0.2) is 24.4 Å². The summed E-state index contributed by atoms with van der Waals surface area (Å²) in [5, 5.41) is 8.64. The van der Waals surface area contributed by atoms with E-state index in [0.29, 0.717) is 0 Å². The van der Waals surface area contributed by atoms with E-state index in [9.17, 15) is 0 Å². The largest absolute Gasteiger partial charge is 0.367 e. The van der Waals surface area contributed by atoms with Crippen LogP contribution in [0.4, 0.5) is 0 Å². The van der Waals surface area contributed by atoms with Gasteiger partial charge >= 0.3 is 0 Å². The molecule has 0 aliphatic carbocycles. The third kappa shape index (κ3) is 1.64. The Hall–Kier alpha value is -2.82. The van der Waals surface area contributed by atoms with Crippen LogP contribution in [0.25, 0.3) is 27.8 Å². The van der Waals surface area contributed by atoms with Crippen molar-refractivity contribution in [3.63, 3.8) is 0 Å². The summed E-state index contributed by atoms with van der Waals surface area (Å²) in [6.07, 6.45) is 11.7. The minimum absolute atomic E-state index is 1.09. The Balaban J connectivity index is 1.86. The number of aromatic amines is 1. The Labute approximate surface area is 115 Å². The Kier molecular flexibility index (Phi) is 2.26. The van der Waals surface area contributed by atoms with Crippen LogP contribution in [0.3, 0.4) is 0 Å². The van der Waals surface area contributed by atoms with Crippen LogP contribution in [0.15, 0.2) is 55.4 Å². The number of H-pyrrole nitrogens is 1. The average molecular weight is 263 g/mol. The fourth-order valence-electron chi connectivity index (χ4n) is 2.44. The lowest BCUT2D eigenvalue weighted by Gasteiger charge is -2.00. The number of fused-ring (bicyclic) bond motifs is 1. The maximum atomic E-state index is 4.44. The number of aromatic nitrogens is 5. The van der Waals surface area contributed by atoms with E-state index in [4.69, 9.17) is 0 Å². The highest BCUT2D eigenvalue weighted by Crippen LogP contribution is 2.26. The molecule has 5 heteroatoms. The molecule has 0 spiro atoms. The molecule has 0 bridgehead atoms. The molecule has 98 valence electrons. The van der Waals surface area contributed by atoms with E-state index in [1.54, 1.807) is 4.68 Å². The van der Waals surface area contributed by atoms with Gasteiger partial charge < -0.3 is 4.98 Å². The second kappa shape index (κ2) is 4.09. The van der Waals surface area contributed by atoms with Crippen molar-refractivity contribution >= 4 is 5.52 Å². The predicted molar refractivity (Wildman–Crippen MR) is 77.2 cm³/mol. The number of nitrogens with one attached hydrogen (secondary N) is 1. The number of hydrogen-bond acceptors (Lipinski definition) is 2. The monoisotopic (exact) mass is 263 g/mol. The molecule has 0 atom stereocenters. The van der Waals surface area contributed by atoms with Crippen molar-refractivity contribution in [2.45, 2.75) is 0 Å². The van der Waals surface area contributed by atoms with Crippen molar-refractivity contribution in [3.05, 3.63) is 55.4 Å². The summed E-state index contributed by atoms with van der Waals surface area (Å²) in [6, 6.07) is 6.24. The number of aryl methyl sites for hydroxylation is 1. The standard InChI is InChI=1S/C15H13N5/c1-19-9-13(7-17-19)12-2-3-15-14(8-18-20(15)10-12)11-4-5-16-6-11/h2-10,16H,1H3. The Morgan fingerprint density at radius 1 is 0.950 bits per heavy atom. The van der Waals surface area contributed by atoms with Crippen LogP contribution in [-0.2, 0) is 7.05 Å². The van der Waals surface area contributed by atoms with Gasteiger partial charge in [0.05, 0.1) is 17.9 Å². The molecule has 4 heterocycles. The smallest absolute Gasteiger partial charge is 0.0741 e. The third-order valence-electron chi connectivity index (χ3n) is 3.46. The van der Waals surface area contributed by atoms with E-state index in [-0.39, 0.29) is 0 Å². The van der Waals surface area contributed by atoms with Gasteiger partial charge in [-0.25, -0.2) is 4.52 Å². The Morgan fingerprint density at radius 2 is 1.90 bits per heavy atom. The lowest BCUT2D eigenvalue weighted by Crippen LogP contribution is -1.88. The highest BCUT2D eigenvalue weighted by molar-refractivity contribution is 5.80. The Morgan fingerprint density at radius 3 is 2.65 bits per heavy atom.